The zero-order chi connectivity index (χ0) is 11.6. The van der Waals surface area contributed by atoms with Gasteiger partial charge in [-0.15, -0.1) is 11.3 Å². The van der Waals surface area contributed by atoms with Gasteiger partial charge in [0.1, 0.15) is 0 Å². The topological polar surface area (TPSA) is 12.0 Å². The van der Waals surface area contributed by atoms with Crippen molar-refractivity contribution in [1.29, 1.82) is 0 Å². The van der Waals surface area contributed by atoms with Gasteiger partial charge in [-0.05, 0) is 42.4 Å². The van der Waals surface area contributed by atoms with E-state index in [1.165, 1.54) is 52.8 Å². The van der Waals surface area contributed by atoms with Crippen molar-refractivity contribution in [3.05, 3.63) is 21.9 Å². The number of alkyl halides is 1. The third-order valence-electron chi connectivity index (χ3n) is 2.60. The van der Waals surface area contributed by atoms with E-state index in [4.69, 9.17) is 0 Å². The quantitative estimate of drug-likeness (QED) is 0.395. The maximum Gasteiger partial charge on any atom is 0.0299 e. The molecule has 1 heterocycles. The Labute approximate surface area is 117 Å². The summed E-state index contributed by atoms with van der Waals surface area (Å²) < 4.78 is 1.31. The minimum atomic E-state index is 1.05. The molecule has 3 heteroatoms. The highest BCUT2D eigenvalue weighted by molar-refractivity contribution is 14.1. The first-order chi connectivity index (χ1) is 7.86. The summed E-state index contributed by atoms with van der Waals surface area (Å²) in [6.45, 7) is 4.44. The van der Waals surface area contributed by atoms with Gasteiger partial charge in [0.2, 0.25) is 0 Å². The zero-order valence-electron chi connectivity index (χ0n) is 10.1. The van der Waals surface area contributed by atoms with Crippen LogP contribution in [0.1, 0.15) is 42.4 Å². The van der Waals surface area contributed by atoms with Gasteiger partial charge in [0, 0.05) is 16.3 Å². The van der Waals surface area contributed by atoms with Gasteiger partial charge in [0.05, 0.1) is 0 Å². The summed E-state index contributed by atoms with van der Waals surface area (Å²) in [5.41, 5.74) is 0. The lowest BCUT2D eigenvalue weighted by molar-refractivity contribution is 0.603. The second kappa shape index (κ2) is 9.42. The van der Waals surface area contributed by atoms with Crippen LogP contribution in [0.4, 0.5) is 0 Å². The Morgan fingerprint density at radius 1 is 1.12 bits per heavy atom. The Kier molecular flexibility index (Phi) is 8.51. The fourth-order valence-corrected chi connectivity index (χ4v) is 3.08. The van der Waals surface area contributed by atoms with Crippen LogP contribution in [0.3, 0.4) is 0 Å². The first-order valence-electron chi connectivity index (χ1n) is 6.21. The van der Waals surface area contributed by atoms with Gasteiger partial charge in [0.25, 0.3) is 0 Å². The first-order valence-corrected chi connectivity index (χ1v) is 8.55. The maximum atomic E-state index is 3.52. The number of hydrogen-bond acceptors (Lipinski definition) is 2. The summed E-state index contributed by atoms with van der Waals surface area (Å²) >= 11 is 4.40. The van der Waals surface area contributed by atoms with Crippen molar-refractivity contribution in [3.8, 4) is 0 Å². The minimum Gasteiger partial charge on any atom is -0.312 e. The molecule has 0 aliphatic carbocycles. The molecule has 0 aliphatic rings. The van der Waals surface area contributed by atoms with Crippen molar-refractivity contribution in [2.75, 3.05) is 11.0 Å². The number of unbranched alkanes of at least 4 members (excludes halogenated alkanes) is 3. The molecule has 0 aromatic carbocycles. The summed E-state index contributed by atoms with van der Waals surface area (Å²) in [7, 11) is 0. The van der Waals surface area contributed by atoms with E-state index >= 15 is 0 Å². The second-order valence-electron chi connectivity index (χ2n) is 4.00. The second-order valence-corrected chi connectivity index (χ2v) is 6.33. The highest BCUT2D eigenvalue weighted by Crippen LogP contribution is 2.16. The van der Waals surface area contributed by atoms with Crippen LogP contribution in [0.5, 0.6) is 0 Å². The number of thiophene rings is 1. The Hall–Kier alpha value is 0.390. The van der Waals surface area contributed by atoms with Gasteiger partial charge >= 0.3 is 0 Å². The smallest absolute Gasteiger partial charge is 0.0299 e. The van der Waals surface area contributed by atoms with Crippen LogP contribution in [0.2, 0.25) is 0 Å². The standard InChI is InChI=1S/C13H22INS/c1-2-12-7-8-13(16-12)11-15-10-6-4-3-5-9-14/h7-8,15H,2-6,9-11H2,1H3. The number of halogens is 1. The van der Waals surface area contributed by atoms with Crippen LogP contribution in [0, 0.1) is 0 Å². The fraction of sp³-hybridized carbons (Fsp3) is 0.692. The van der Waals surface area contributed by atoms with E-state index < -0.39 is 0 Å². The normalized spacial score (nSPS) is 10.9. The van der Waals surface area contributed by atoms with Crippen LogP contribution in [0.25, 0.3) is 0 Å². The van der Waals surface area contributed by atoms with E-state index in [0.29, 0.717) is 0 Å². The molecule has 0 saturated carbocycles. The average molecular weight is 351 g/mol. The Bertz CT molecular complexity index is 273. The molecule has 1 nitrogen and oxygen atoms in total. The lowest BCUT2D eigenvalue weighted by Crippen LogP contribution is -2.13. The van der Waals surface area contributed by atoms with Crippen molar-refractivity contribution in [2.45, 2.75) is 45.6 Å². The van der Waals surface area contributed by atoms with E-state index in [0.717, 1.165) is 6.54 Å². The SMILES string of the molecule is CCc1ccc(CNCCCCCCI)s1. The molecule has 0 fully saturated rings. The largest absolute Gasteiger partial charge is 0.312 e. The van der Waals surface area contributed by atoms with Crippen molar-refractivity contribution in [1.82, 2.24) is 5.32 Å². The van der Waals surface area contributed by atoms with Gasteiger partial charge in [-0.2, -0.15) is 0 Å². The highest BCUT2D eigenvalue weighted by atomic mass is 127. The molecular weight excluding hydrogens is 329 g/mol. The number of nitrogens with one attached hydrogen (secondary N) is 1. The predicted molar refractivity (Wildman–Crippen MR) is 82.8 cm³/mol. The van der Waals surface area contributed by atoms with Gasteiger partial charge in [0.15, 0.2) is 0 Å². The molecule has 0 bridgehead atoms. The van der Waals surface area contributed by atoms with Gasteiger partial charge in [-0.3, -0.25) is 0 Å². The predicted octanol–water partition coefficient (Wildman–Crippen LogP) is 4.40. The lowest BCUT2D eigenvalue weighted by atomic mass is 10.2. The van der Waals surface area contributed by atoms with Crippen molar-refractivity contribution in [2.24, 2.45) is 0 Å². The van der Waals surface area contributed by atoms with Crippen LogP contribution < -0.4 is 5.32 Å². The first kappa shape index (κ1) is 14.5. The third kappa shape index (κ3) is 6.21. The Morgan fingerprint density at radius 3 is 2.56 bits per heavy atom. The average Bonchev–Trinajstić information content (AvgIpc) is 2.76. The third-order valence-corrected chi connectivity index (χ3v) is 4.59. The van der Waals surface area contributed by atoms with E-state index in [9.17, 15) is 0 Å². The molecule has 16 heavy (non-hydrogen) atoms. The van der Waals surface area contributed by atoms with Crippen LogP contribution >= 0.6 is 33.9 Å². The summed E-state index contributed by atoms with van der Waals surface area (Å²) in [6, 6.07) is 4.51. The Balaban J connectivity index is 1.98. The summed E-state index contributed by atoms with van der Waals surface area (Å²) in [6.07, 6.45) is 6.64. The van der Waals surface area contributed by atoms with Gasteiger partial charge < -0.3 is 5.32 Å². The number of aryl methyl sites for hydroxylation is 1. The van der Waals surface area contributed by atoms with Gasteiger partial charge in [-0.25, -0.2) is 0 Å². The molecule has 1 rings (SSSR count). The van der Waals surface area contributed by atoms with E-state index in [2.05, 4.69) is 47.0 Å². The molecule has 1 aromatic heterocycles. The molecule has 0 amide bonds. The summed E-state index contributed by atoms with van der Waals surface area (Å²) in [5.74, 6) is 0. The monoisotopic (exact) mass is 351 g/mol. The molecule has 0 spiro atoms. The molecule has 92 valence electrons. The van der Waals surface area contributed by atoms with E-state index in [1.807, 2.05) is 11.3 Å². The molecule has 0 atom stereocenters. The van der Waals surface area contributed by atoms with Crippen LogP contribution in [-0.2, 0) is 13.0 Å². The molecule has 0 radical (unpaired) electrons. The summed E-state index contributed by atoms with van der Waals surface area (Å²) in [5, 5.41) is 3.52. The molecule has 0 saturated heterocycles. The summed E-state index contributed by atoms with van der Waals surface area (Å²) in [4.78, 5) is 2.97. The molecule has 1 N–H and O–H groups in total. The molecule has 0 aliphatic heterocycles. The van der Waals surface area contributed by atoms with E-state index in [1.54, 1.807) is 0 Å². The number of rotatable bonds is 9. The van der Waals surface area contributed by atoms with Crippen molar-refractivity contribution < 1.29 is 0 Å². The van der Waals surface area contributed by atoms with Crippen molar-refractivity contribution >= 4 is 33.9 Å². The minimum absolute atomic E-state index is 1.05. The molecule has 0 unspecified atom stereocenters. The van der Waals surface area contributed by atoms with Crippen molar-refractivity contribution in [3.63, 3.8) is 0 Å². The van der Waals surface area contributed by atoms with Crippen LogP contribution in [-0.4, -0.2) is 11.0 Å². The van der Waals surface area contributed by atoms with Gasteiger partial charge in [-0.1, -0.05) is 42.4 Å². The molecule has 1 aromatic rings. The van der Waals surface area contributed by atoms with E-state index in [-0.39, 0.29) is 0 Å². The lowest BCUT2D eigenvalue weighted by Gasteiger charge is -2.02. The number of hydrogen-bond donors (Lipinski definition) is 1. The van der Waals surface area contributed by atoms with Crippen LogP contribution in [0.15, 0.2) is 12.1 Å². The molecular formula is C13H22INS. The Morgan fingerprint density at radius 2 is 1.88 bits per heavy atom. The highest BCUT2D eigenvalue weighted by Gasteiger charge is 1.97. The fourth-order valence-electron chi connectivity index (χ4n) is 1.62. The maximum absolute atomic E-state index is 3.52. The zero-order valence-corrected chi connectivity index (χ0v) is 13.1.